The molecule has 1 aliphatic carbocycles. The average molecular weight is 239 g/mol. The van der Waals surface area contributed by atoms with Gasteiger partial charge in [-0.25, -0.2) is 0 Å². The SMILES string of the molecule is CC1CN(C(C)CCNC2CC2)CC1N(C)C. The lowest BCUT2D eigenvalue weighted by Gasteiger charge is -2.26. The van der Waals surface area contributed by atoms with E-state index in [1.165, 1.54) is 38.9 Å². The van der Waals surface area contributed by atoms with Crippen LogP contribution in [0.1, 0.15) is 33.1 Å². The Labute approximate surface area is 107 Å². The number of likely N-dealkylation sites (N-methyl/N-ethyl adjacent to an activating group) is 1. The molecule has 3 atom stereocenters. The van der Waals surface area contributed by atoms with E-state index in [-0.39, 0.29) is 0 Å². The highest BCUT2D eigenvalue weighted by atomic mass is 15.3. The highest BCUT2D eigenvalue weighted by Crippen LogP contribution is 2.23. The van der Waals surface area contributed by atoms with Crippen molar-refractivity contribution in [3.8, 4) is 0 Å². The van der Waals surface area contributed by atoms with Crippen LogP contribution in [0.4, 0.5) is 0 Å². The van der Waals surface area contributed by atoms with Crippen molar-refractivity contribution in [2.24, 2.45) is 5.92 Å². The molecule has 1 aliphatic heterocycles. The van der Waals surface area contributed by atoms with Crippen molar-refractivity contribution in [1.29, 1.82) is 0 Å². The Bertz CT molecular complexity index is 238. The van der Waals surface area contributed by atoms with E-state index in [9.17, 15) is 0 Å². The van der Waals surface area contributed by atoms with Gasteiger partial charge in [-0.2, -0.15) is 0 Å². The van der Waals surface area contributed by atoms with Gasteiger partial charge in [0, 0.05) is 31.2 Å². The maximum Gasteiger partial charge on any atom is 0.0254 e. The van der Waals surface area contributed by atoms with Crippen molar-refractivity contribution < 1.29 is 0 Å². The van der Waals surface area contributed by atoms with Crippen molar-refractivity contribution in [1.82, 2.24) is 15.1 Å². The summed E-state index contributed by atoms with van der Waals surface area (Å²) in [7, 11) is 4.42. The van der Waals surface area contributed by atoms with E-state index < -0.39 is 0 Å². The van der Waals surface area contributed by atoms with Gasteiger partial charge in [0.1, 0.15) is 0 Å². The molecule has 0 aromatic carbocycles. The van der Waals surface area contributed by atoms with Crippen molar-refractivity contribution >= 4 is 0 Å². The van der Waals surface area contributed by atoms with Gasteiger partial charge in [-0.15, -0.1) is 0 Å². The van der Waals surface area contributed by atoms with E-state index in [1.807, 2.05) is 0 Å². The summed E-state index contributed by atoms with van der Waals surface area (Å²) in [6, 6.07) is 2.33. The zero-order chi connectivity index (χ0) is 12.4. The Kier molecular flexibility index (Phi) is 4.45. The number of nitrogens with zero attached hydrogens (tertiary/aromatic N) is 2. The first-order valence-corrected chi connectivity index (χ1v) is 7.21. The van der Waals surface area contributed by atoms with Gasteiger partial charge < -0.3 is 10.2 Å². The van der Waals surface area contributed by atoms with Gasteiger partial charge in [0.25, 0.3) is 0 Å². The van der Waals surface area contributed by atoms with Crippen molar-refractivity contribution in [3.63, 3.8) is 0 Å². The molecule has 0 spiro atoms. The molecule has 17 heavy (non-hydrogen) atoms. The third-order valence-corrected chi connectivity index (χ3v) is 4.46. The molecular formula is C14H29N3. The van der Waals surface area contributed by atoms with Crippen LogP contribution in [0.5, 0.6) is 0 Å². The lowest BCUT2D eigenvalue weighted by molar-refractivity contribution is 0.216. The zero-order valence-corrected chi connectivity index (χ0v) is 11.9. The Morgan fingerprint density at radius 3 is 2.53 bits per heavy atom. The minimum atomic E-state index is 0.730. The third kappa shape index (κ3) is 3.67. The molecule has 0 aromatic heterocycles. The second kappa shape index (κ2) is 5.68. The van der Waals surface area contributed by atoms with Crippen LogP contribution in [0, 0.1) is 5.92 Å². The second-order valence-electron chi connectivity index (χ2n) is 6.33. The van der Waals surface area contributed by atoms with Gasteiger partial charge in [-0.1, -0.05) is 6.92 Å². The molecule has 0 radical (unpaired) electrons. The summed E-state index contributed by atoms with van der Waals surface area (Å²) in [5.74, 6) is 0.809. The summed E-state index contributed by atoms with van der Waals surface area (Å²) in [5, 5.41) is 3.62. The fraction of sp³-hybridized carbons (Fsp3) is 1.00. The lowest BCUT2D eigenvalue weighted by atomic mass is 10.1. The normalized spacial score (nSPS) is 32.3. The third-order valence-electron chi connectivity index (χ3n) is 4.46. The molecular weight excluding hydrogens is 210 g/mol. The van der Waals surface area contributed by atoms with Crippen LogP contribution in [0.25, 0.3) is 0 Å². The second-order valence-corrected chi connectivity index (χ2v) is 6.33. The minimum absolute atomic E-state index is 0.730. The van der Waals surface area contributed by atoms with Crippen LogP contribution < -0.4 is 5.32 Å². The quantitative estimate of drug-likeness (QED) is 0.756. The van der Waals surface area contributed by atoms with Crippen LogP contribution in [0.3, 0.4) is 0 Å². The Morgan fingerprint density at radius 2 is 2.00 bits per heavy atom. The first-order valence-electron chi connectivity index (χ1n) is 7.21. The average Bonchev–Trinajstić information content (AvgIpc) is 2.99. The van der Waals surface area contributed by atoms with Crippen LogP contribution >= 0.6 is 0 Å². The maximum atomic E-state index is 3.62. The summed E-state index contributed by atoms with van der Waals surface area (Å²) < 4.78 is 0. The molecule has 1 N–H and O–H groups in total. The lowest BCUT2D eigenvalue weighted by Crippen LogP contribution is -2.37. The van der Waals surface area contributed by atoms with E-state index in [0.29, 0.717) is 0 Å². The summed E-state index contributed by atoms with van der Waals surface area (Å²) in [6.07, 6.45) is 4.10. The summed E-state index contributed by atoms with van der Waals surface area (Å²) in [6.45, 7) is 8.49. The van der Waals surface area contributed by atoms with Crippen molar-refractivity contribution in [2.45, 2.75) is 51.2 Å². The van der Waals surface area contributed by atoms with Crippen LogP contribution in [-0.4, -0.2) is 61.7 Å². The molecule has 2 fully saturated rings. The highest BCUT2D eigenvalue weighted by molar-refractivity contribution is 4.89. The Morgan fingerprint density at radius 1 is 1.29 bits per heavy atom. The molecule has 100 valence electrons. The van der Waals surface area contributed by atoms with Gasteiger partial charge in [-0.05, 0) is 52.7 Å². The van der Waals surface area contributed by atoms with E-state index in [0.717, 1.165) is 24.0 Å². The van der Waals surface area contributed by atoms with Gasteiger partial charge in [-0.3, -0.25) is 4.90 Å². The molecule has 1 saturated heterocycles. The van der Waals surface area contributed by atoms with E-state index in [2.05, 4.69) is 43.1 Å². The number of rotatable bonds is 6. The monoisotopic (exact) mass is 239 g/mol. The van der Waals surface area contributed by atoms with Gasteiger partial charge in [0.2, 0.25) is 0 Å². The summed E-state index contributed by atoms with van der Waals surface area (Å²) >= 11 is 0. The number of likely N-dealkylation sites (tertiary alicyclic amines) is 1. The summed E-state index contributed by atoms with van der Waals surface area (Å²) in [5.41, 5.74) is 0. The fourth-order valence-electron chi connectivity index (χ4n) is 2.98. The maximum absolute atomic E-state index is 3.62. The molecule has 2 aliphatic rings. The van der Waals surface area contributed by atoms with Gasteiger partial charge >= 0.3 is 0 Å². The summed E-state index contributed by atoms with van der Waals surface area (Å²) in [4.78, 5) is 5.06. The van der Waals surface area contributed by atoms with Crippen molar-refractivity contribution in [3.05, 3.63) is 0 Å². The number of hydrogen-bond acceptors (Lipinski definition) is 3. The Balaban J connectivity index is 1.70. The smallest absolute Gasteiger partial charge is 0.0254 e. The van der Waals surface area contributed by atoms with Gasteiger partial charge in [0.05, 0.1) is 0 Å². The first kappa shape index (κ1) is 13.3. The van der Waals surface area contributed by atoms with Gasteiger partial charge in [0.15, 0.2) is 0 Å². The standard InChI is InChI=1S/C14H29N3/c1-11-9-17(10-14(11)16(3)4)12(2)7-8-15-13-5-6-13/h11-15H,5-10H2,1-4H3. The zero-order valence-electron chi connectivity index (χ0n) is 11.9. The molecule has 1 saturated carbocycles. The molecule has 0 bridgehead atoms. The number of nitrogens with one attached hydrogen (secondary N) is 1. The highest BCUT2D eigenvalue weighted by Gasteiger charge is 2.33. The molecule has 1 heterocycles. The fourth-order valence-corrected chi connectivity index (χ4v) is 2.98. The Hall–Kier alpha value is -0.120. The molecule has 3 unspecified atom stereocenters. The largest absolute Gasteiger partial charge is 0.314 e. The molecule has 3 heteroatoms. The molecule has 0 aromatic rings. The molecule has 2 rings (SSSR count). The van der Waals surface area contributed by atoms with E-state index in [4.69, 9.17) is 0 Å². The van der Waals surface area contributed by atoms with E-state index >= 15 is 0 Å². The topological polar surface area (TPSA) is 18.5 Å². The molecule has 0 amide bonds. The van der Waals surface area contributed by atoms with E-state index in [1.54, 1.807) is 0 Å². The first-order chi connectivity index (χ1) is 8.08. The van der Waals surface area contributed by atoms with Crippen LogP contribution in [-0.2, 0) is 0 Å². The predicted molar refractivity (Wildman–Crippen MR) is 73.3 cm³/mol. The molecule has 3 nitrogen and oxygen atoms in total. The minimum Gasteiger partial charge on any atom is -0.314 e. The predicted octanol–water partition coefficient (Wildman–Crippen LogP) is 1.40. The van der Waals surface area contributed by atoms with Crippen molar-refractivity contribution in [2.75, 3.05) is 33.7 Å². The number of hydrogen-bond donors (Lipinski definition) is 1. The van der Waals surface area contributed by atoms with Crippen LogP contribution in [0.2, 0.25) is 0 Å². The van der Waals surface area contributed by atoms with Crippen LogP contribution in [0.15, 0.2) is 0 Å².